The highest BCUT2D eigenvalue weighted by atomic mass is 16.6. The lowest BCUT2D eigenvalue weighted by atomic mass is 10.1. The molecule has 0 N–H and O–H groups in total. The minimum atomic E-state index is -0.454. The standard InChI is InChI=1S/C19H25N5O3/c1-13(2)27-19-17(24(25)26)18(20-12-21-19)23-10-8-22(9-11-23)16-7-5-6-14(3)15(16)4/h5-7,12-13H,8-11H2,1-4H3. The fraction of sp³-hybridized carbons (Fsp3) is 0.474. The van der Waals surface area contributed by atoms with Crippen molar-refractivity contribution in [2.75, 3.05) is 36.0 Å². The molecule has 1 aromatic heterocycles. The van der Waals surface area contributed by atoms with Crippen LogP contribution in [-0.2, 0) is 0 Å². The Morgan fingerprint density at radius 2 is 1.78 bits per heavy atom. The number of aromatic nitrogens is 2. The summed E-state index contributed by atoms with van der Waals surface area (Å²) < 4.78 is 5.53. The fourth-order valence-electron chi connectivity index (χ4n) is 3.29. The molecule has 8 nitrogen and oxygen atoms in total. The zero-order chi connectivity index (χ0) is 19.6. The van der Waals surface area contributed by atoms with Crippen LogP contribution in [0.15, 0.2) is 24.5 Å². The molecule has 1 aliphatic heterocycles. The topological polar surface area (TPSA) is 84.6 Å². The Bertz CT molecular complexity index is 832. The van der Waals surface area contributed by atoms with Crippen LogP contribution in [0.2, 0.25) is 0 Å². The smallest absolute Gasteiger partial charge is 0.372 e. The first-order valence-electron chi connectivity index (χ1n) is 9.10. The maximum Gasteiger partial charge on any atom is 0.372 e. The van der Waals surface area contributed by atoms with E-state index in [4.69, 9.17) is 4.74 Å². The van der Waals surface area contributed by atoms with Crippen molar-refractivity contribution in [1.82, 2.24) is 9.97 Å². The summed E-state index contributed by atoms with van der Waals surface area (Å²) in [6, 6.07) is 6.30. The number of benzene rings is 1. The van der Waals surface area contributed by atoms with E-state index in [-0.39, 0.29) is 17.7 Å². The van der Waals surface area contributed by atoms with Crippen LogP contribution in [0.25, 0.3) is 0 Å². The minimum Gasteiger partial charge on any atom is -0.470 e. The van der Waals surface area contributed by atoms with E-state index >= 15 is 0 Å². The molecule has 0 aliphatic carbocycles. The van der Waals surface area contributed by atoms with Gasteiger partial charge in [0.2, 0.25) is 5.82 Å². The van der Waals surface area contributed by atoms with Gasteiger partial charge in [0.15, 0.2) is 0 Å². The van der Waals surface area contributed by atoms with Crippen molar-refractivity contribution in [3.8, 4) is 5.88 Å². The van der Waals surface area contributed by atoms with Crippen LogP contribution in [0, 0.1) is 24.0 Å². The van der Waals surface area contributed by atoms with Gasteiger partial charge in [0, 0.05) is 31.9 Å². The van der Waals surface area contributed by atoms with Crippen LogP contribution in [0.5, 0.6) is 5.88 Å². The molecule has 1 fully saturated rings. The van der Waals surface area contributed by atoms with E-state index in [0.29, 0.717) is 18.9 Å². The molecule has 1 saturated heterocycles. The predicted octanol–water partition coefficient (Wildman–Crippen LogP) is 3.12. The zero-order valence-electron chi connectivity index (χ0n) is 16.2. The van der Waals surface area contributed by atoms with Gasteiger partial charge < -0.3 is 14.5 Å². The van der Waals surface area contributed by atoms with Crippen LogP contribution in [0.3, 0.4) is 0 Å². The third-order valence-electron chi connectivity index (χ3n) is 4.80. The summed E-state index contributed by atoms with van der Waals surface area (Å²) in [5.74, 6) is 0.350. The first kappa shape index (κ1) is 18.9. The number of rotatable bonds is 5. The molecule has 0 atom stereocenters. The predicted molar refractivity (Wildman–Crippen MR) is 105 cm³/mol. The summed E-state index contributed by atoms with van der Waals surface area (Å²) in [5, 5.41) is 11.6. The molecule has 0 amide bonds. The van der Waals surface area contributed by atoms with E-state index in [1.165, 1.54) is 23.1 Å². The van der Waals surface area contributed by atoms with E-state index in [1.54, 1.807) is 0 Å². The Kier molecular flexibility index (Phi) is 5.43. The van der Waals surface area contributed by atoms with Crippen LogP contribution in [-0.4, -0.2) is 47.2 Å². The van der Waals surface area contributed by atoms with Gasteiger partial charge in [0.05, 0.1) is 11.0 Å². The molecular formula is C19H25N5O3. The molecular weight excluding hydrogens is 346 g/mol. The Labute approximate surface area is 158 Å². The van der Waals surface area contributed by atoms with E-state index in [2.05, 4.69) is 46.9 Å². The van der Waals surface area contributed by atoms with Gasteiger partial charge >= 0.3 is 5.69 Å². The molecule has 144 valence electrons. The van der Waals surface area contributed by atoms with Gasteiger partial charge in [0.1, 0.15) is 6.33 Å². The number of hydrogen-bond acceptors (Lipinski definition) is 7. The van der Waals surface area contributed by atoms with Gasteiger partial charge in [-0.2, -0.15) is 4.98 Å². The Hall–Kier alpha value is -2.90. The molecule has 0 bridgehead atoms. The molecule has 0 unspecified atom stereocenters. The molecule has 3 rings (SSSR count). The van der Waals surface area contributed by atoms with Crippen LogP contribution < -0.4 is 14.5 Å². The SMILES string of the molecule is Cc1cccc(N2CCN(c3ncnc(OC(C)C)c3[N+](=O)[O-])CC2)c1C. The summed E-state index contributed by atoms with van der Waals surface area (Å²) in [6.45, 7) is 10.7. The molecule has 27 heavy (non-hydrogen) atoms. The summed E-state index contributed by atoms with van der Waals surface area (Å²) in [4.78, 5) is 23.6. The second-order valence-corrected chi connectivity index (χ2v) is 6.97. The van der Waals surface area contributed by atoms with Crippen molar-refractivity contribution < 1.29 is 9.66 Å². The number of anilines is 2. The highest BCUT2D eigenvalue weighted by Gasteiger charge is 2.31. The number of nitrogens with zero attached hydrogens (tertiary/aromatic N) is 5. The van der Waals surface area contributed by atoms with Crippen molar-refractivity contribution in [2.24, 2.45) is 0 Å². The number of nitro groups is 1. The third-order valence-corrected chi connectivity index (χ3v) is 4.80. The second kappa shape index (κ2) is 7.77. The van der Waals surface area contributed by atoms with Crippen molar-refractivity contribution >= 4 is 17.2 Å². The first-order valence-corrected chi connectivity index (χ1v) is 9.10. The third kappa shape index (κ3) is 3.94. The van der Waals surface area contributed by atoms with Crippen molar-refractivity contribution in [1.29, 1.82) is 0 Å². The van der Waals surface area contributed by atoms with E-state index < -0.39 is 4.92 Å². The van der Waals surface area contributed by atoms with Gasteiger partial charge in [-0.25, -0.2) is 4.98 Å². The van der Waals surface area contributed by atoms with Gasteiger partial charge in [-0.05, 0) is 44.9 Å². The molecule has 0 spiro atoms. The molecule has 1 aliphatic rings. The average Bonchev–Trinajstić information content (AvgIpc) is 2.63. The van der Waals surface area contributed by atoms with E-state index in [1.807, 2.05) is 18.7 Å². The molecule has 0 saturated carbocycles. The quantitative estimate of drug-likeness (QED) is 0.590. The minimum absolute atomic E-state index is 0.0250. The fourth-order valence-corrected chi connectivity index (χ4v) is 3.29. The van der Waals surface area contributed by atoms with Crippen LogP contribution in [0.1, 0.15) is 25.0 Å². The van der Waals surface area contributed by atoms with Gasteiger partial charge in [-0.3, -0.25) is 10.1 Å². The lowest BCUT2D eigenvalue weighted by Crippen LogP contribution is -2.47. The van der Waals surface area contributed by atoms with E-state index in [9.17, 15) is 10.1 Å². The summed E-state index contributed by atoms with van der Waals surface area (Å²) in [7, 11) is 0. The molecule has 1 aromatic carbocycles. The second-order valence-electron chi connectivity index (χ2n) is 6.97. The van der Waals surface area contributed by atoms with Gasteiger partial charge in [-0.15, -0.1) is 0 Å². The Morgan fingerprint density at radius 1 is 1.11 bits per heavy atom. The van der Waals surface area contributed by atoms with Crippen molar-refractivity contribution in [3.63, 3.8) is 0 Å². The van der Waals surface area contributed by atoms with E-state index in [0.717, 1.165) is 13.1 Å². The molecule has 0 radical (unpaired) electrons. The number of aryl methyl sites for hydroxylation is 1. The maximum absolute atomic E-state index is 11.6. The van der Waals surface area contributed by atoms with Crippen molar-refractivity contribution in [3.05, 3.63) is 45.8 Å². The lowest BCUT2D eigenvalue weighted by Gasteiger charge is -2.37. The largest absolute Gasteiger partial charge is 0.470 e. The summed E-state index contributed by atoms with van der Waals surface area (Å²) in [6.07, 6.45) is 1.13. The van der Waals surface area contributed by atoms with Gasteiger partial charge in [0.25, 0.3) is 5.88 Å². The number of hydrogen-bond donors (Lipinski definition) is 0. The Balaban J connectivity index is 1.82. The number of piperazine rings is 1. The van der Waals surface area contributed by atoms with Crippen molar-refractivity contribution in [2.45, 2.75) is 33.8 Å². The summed E-state index contributed by atoms with van der Waals surface area (Å²) >= 11 is 0. The zero-order valence-corrected chi connectivity index (χ0v) is 16.2. The monoisotopic (exact) mass is 371 g/mol. The molecule has 2 heterocycles. The number of ether oxygens (including phenoxy) is 1. The summed E-state index contributed by atoms with van der Waals surface area (Å²) in [5.41, 5.74) is 3.59. The van der Waals surface area contributed by atoms with Crippen LogP contribution in [0.4, 0.5) is 17.2 Å². The highest BCUT2D eigenvalue weighted by molar-refractivity contribution is 5.64. The first-order chi connectivity index (χ1) is 12.9. The molecule has 2 aromatic rings. The lowest BCUT2D eigenvalue weighted by molar-refractivity contribution is -0.385. The highest BCUT2D eigenvalue weighted by Crippen LogP contribution is 2.35. The van der Waals surface area contributed by atoms with Crippen LogP contribution >= 0.6 is 0 Å². The maximum atomic E-state index is 11.6. The normalized spacial score (nSPS) is 14.6. The Morgan fingerprint density at radius 3 is 2.41 bits per heavy atom. The molecule has 8 heteroatoms. The average molecular weight is 371 g/mol. The van der Waals surface area contributed by atoms with Gasteiger partial charge in [-0.1, -0.05) is 12.1 Å².